The molecule has 3 heteroatoms. The second-order valence-electron chi connectivity index (χ2n) is 5.55. The van der Waals surface area contributed by atoms with Gasteiger partial charge in [0.2, 0.25) is 0 Å². The third kappa shape index (κ3) is 3.26. The van der Waals surface area contributed by atoms with Crippen molar-refractivity contribution in [3.05, 3.63) is 40.4 Å². The molecule has 0 fully saturated rings. The third-order valence-electron chi connectivity index (χ3n) is 3.82. The molecule has 1 atom stereocenters. The highest BCUT2D eigenvalue weighted by Gasteiger charge is 2.31. The number of carbonyl (C=O) groups is 1. The quantitative estimate of drug-likeness (QED) is 0.774. The Morgan fingerprint density at radius 2 is 2.05 bits per heavy atom. The summed E-state index contributed by atoms with van der Waals surface area (Å²) in [5.41, 5.74) is 3.25. The number of halogens is 1. The minimum Gasteiger partial charge on any atom is -0.384 e. The van der Waals surface area contributed by atoms with Gasteiger partial charge in [0, 0.05) is 12.1 Å². The Hall–Kier alpha value is -1.12. The number of hydrogen-bond donors (Lipinski definition) is 0. The smallest absolute Gasteiger partial charge is 0.146 e. The summed E-state index contributed by atoms with van der Waals surface area (Å²) in [6, 6.07) is 7.71. The van der Waals surface area contributed by atoms with Crippen LogP contribution in [-0.4, -0.2) is 20.0 Å². The summed E-state index contributed by atoms with van der Waals surface area (Å²) < 4.78 is 5.32. The van der Waals surface area contributed by atoms with Crippen LogP contribution in [0.2, 0.25) is 5.02 Å². The zero-order valence-electron chi connectivity index (χ0n) is 11.4. The lowest BCUT2D eigenvalue weighted by Crippen LogP contribution is -2.27. The van der Waals surface area contributed by atoms with Crippen LogP contribution in [0.25, 0.3) is 5.57 Å². The van der Waals surface area contributed by atoms with Crippen molar-refractivity contribution in [3.63, 3.8) is 0 Å². The molecule has 1 unspecified atom stereocenters. The van der Waals surface area contributed by atoms with Crippen LogP contribution in [-0.2, 0) is 9.53 Å². The standard InChI is InChI=1S/C16H19ClO2/c1-16(11-19-2)8-7-13(10-18)15(9-16)12-3-5-14(17)6-4-12/h3-6,10H,7-9,11H2,1-2H3. The molecule has 0 amide bonds. The van der Waals surface area contributed by atoms with Crippen molar-refractivity contribution in [2.75, 3.05) is 13.7 Å². The van der Waals surface area contributed by atoms with E-state index >= 15 is 0 Å². The number of methoxy groups -OCH3 is 1. The van der Waals surface area contributed by atoms with Gasteiger partial charge in [-0.3, -0.25) is 4.79 Å². The van der Waals surface area contributed by atoms with Gasteiger partial charge in [-0.15, -0.1) is 0 Å². The largest absolute Gasteiger partial charge is 0.384 e. The Bertz CT molecular complexity index is 490. The number of ether oxygens (including phenoxy) is 1. The lowest BCUT2D eigenvalue weighted by Gasteiger charge is -2.35. The first kappa shape index (κ1) is 14.3. The number of aldehydes is 1. The minimum absolute atomic E-state index is 0.107. The van der Waals surface area contributed by atoms with E-state index in [-0.39, 0.29) is 5.41 Å². The number of benzene rings is 1. The molecule has 0 spiro atoms. The van der Waals surface area contributed by atoms with E-state index in [1.807, 2.05) is 24.3 Å². The van der Waals surface area contributed by atoms with Gasteiger partial charge in [-0.2, -0.15) is 0 Å². The van der Waals surface area contributed by atoms with E-state index in [4.69, 9.17) is 16.3 Å². The molecule has 0 heterocycles. The molecular formula is C16H19ClO2. The van der Waals surface area contributed by atoms with Crippen LogP contribution in [0.5, 0.6) is 0 Å². The predicted molar refractivity (Wildman–Crippen MR) is 78.3 cm³/mol. The predicted octanol–water partition coefficient (Wildman–Crippen LogP) is 4.13. The summed E-state index contributed by atoms with van der Waals surface area (Å²) in [4.78, 5) is 11.3. The Morgan fingerprint density at radius 3 is 2.63 bits per heavy atom. The summed E-state index contributed by atoms with van der Waals surface area (Å²) >= 11 is 5.92. The zero-order chi connectivity index (χ0) is 13.9. The molecule has 1 aromatic rings. The van der Waals surface area contributed by atoms with Gasteiger partial charge in [-0.05, 0) is 53.5 Å². The van der Waals surface area contributed by atoms with Crippen LogP contribution in [0.1, 0.15) is 31.7 Å². The van der Waals surface area contributed by atoms with Gasteiger partial charge < -0.3 is 4.74 Å². The SMILES string of the molecule is COCC1(C)CCC(C=O)=C(c2ccc(Cl)cc2)C1. The van der Waals surface area contributed by atoms with Crippen molar-refractivity contribution in [3.8, 4) is 0 Å². The molecule has 0 saturated carbocycles. The van der Waals surface area contributed by atoms with E-state index < -0.39 is 0 Å². The maximum Gasteiger partial charge on any atom is 0.146 e. The highest BCUT2D eigenvalue weighted by molar-refractivity contribution is 6.30. The Balaban J connectivity index is 2.35. The first-order valence-electron chi connectivity index (χ1n) is 6.50. The molecule has 102 valence electrons. The summed E-state index contributed by atoms with van der Waals surface area (Å²) in [6.07, 6.45) is 3.68. The highest BCUT2D eigenvalue weighted by Crippen LogP contribution is 2.42. The van der Waals surface area contributed by atoms with Gasteiger partial charge in [0.05, 0.1) is 6.61 Å². The molecule has 1 aliphatic carbocycles. The molecule has 0 aromatic heterocycles. The van der Waals surface area contributed by atoms with Crippen molar-refractivity contribution < 1.29 is 9.53 Å². The first-order chi connectivity index (χ1) is 9.08. The fraction of sp³-hybridized carbons (Fsp3) is 0.438. The Morgan fingerprint density at radius 1 is 1.37 bits per heavy atom. The molecule has 0 aliphatic heterocycles. The summed E-state index contributed by atoms with van der Waals surface area (Å²) in [7, 11) is 1.73. The van der Waals surface area contributed by atoms with Gasteiger partial charge >= 0.3 is 0 Å². The summed E-state index contributed by atoms with van der Waals surface area (Å²) in [5.74, 6) is 0. The van der Waals surface area contributed by atoms with Crippen molar-refractivity contribution in [2.24, 2.45) is 5.41 Å². The zero-order valence-corrected chi connectivity index (χ0v) is 12.2. The molecule has 19 heavy (non-hydrogen) atoms. The molecule has 0 radical (unpaired) electrons. The van der Waals surface area contributed by atoms with Gasteiger partial charge in [0.15, 0.2) is 0 Å². The van der Waals surface area contributed by atoms with Crippen molar-refractivity contribution >= 4 is 23.5 Å². The fourth-order valence-electron chi connectivity index (χ4n) is 2.76. The van der Waals surface area contributed by atoms with Crippen LogP contribution in [0.4, 0.5) is 0 Å². The summed E-state index contributed by atoms with van der Waals surface area (Å²) in [6.45, 7) is 2.93. The van der Waals surface area contributed by atoms with Crippen LogP contribution in [0.15, 0.2) is 29.8 Å². The second-order valence-corrected chi connectivity index (χ2v) is 5.99. The van der Waals surface area contributed by atoms with Gasteiger partial charge in [-0.25, -0.2) is 0 Å². The lowest BCUT2D eigenvalue weighted by molar-refractivity contribution is -0.105. The number of carbonyl (C=O) groups excluding carboxylic acids is 1. The maximum absolute atomic E-state index is 11.3. The van der Waals surface area contributed by atoms with Gasteiger partial charge in [0.25, 0.3) is 0 Å². The number of allylic oxidation sites excluding steroid dienone is 2. The van der Waals surface area contributed by atoms with E-state index in [1.165, 1.54) is 0 Å². The normalized spacial score (nSPS) is 23.5. The molecule has 1 aliphatic rings. The van der Waals surface area contributed by atoms with Crippen LogP contribution in [0, 0.1) is 5.41 Å². The summed E-state index contributed by atoms with van der Waals surface area (Å²) in [5, 5.41) is 0.715. The lowest BCUT2D eigenvalue weighted by atomic mass is 9.72. The molecule has 2 rings (SSSR count). The number of rotatable bonds is 4. The molecule has 2 nitrogen and oxygen atoms in total. The fourth-order valence-corrected chi connectivity index (χ4v) is 2.88. The van der Waals surface area contributed by atoms with Crippen molar-refractivity contribution in [1.29, 1.82) is 0 Å². The molecular weight excluding hydrogens is 260 g/mol. The molecule has 0 bridgehead atoms. The maximum atomic E-state index is 11.3. The van der Waals surface area contributed by atoms with Crippen LogP contribution < -0.4 is 0 Å². The second kappa shape index (κ2) is 5.89. The first-order valence-corrected chi connectivity index (χ1v) is 6.88. The van der Waals surface area contributed by atoms with Crippen molar-refractivity contribution in [1.82, 2.24) is 0 Å². The van der Waals surface area contributed by atoms with E-state index in [2.05, 4.69) is 6.92 Å². The average Bonchev–Trinajstić information content (AvgIpc) is 2.39. The van der Waals surface area contributed by atoms with Crippen LogP contribution >= 0.6 is 11.6 Å². The van der Waals surface area contributed by atoms with Gasteiger partial charge in [-0.1, -0.05) is 30.7 Å². The van der Waals surface area contributed by atoms with E-state index in [0.717, 1.165) is 48.9 Å². The van der Waals surface area contributed by atoms with Crippen molar-refractivity contribution in [2.45, 2.75) is 26.2 Å². The average molecular weight is 279 g/mol. The minimum atomic E-state index is 0.107. The third-order valence-corrected chi connectivity index (χ3v) is 4.07. The monoisotopic (exact) mass is 278 g/mol. The Kier molecular flexibility index (Phi) is 4.43. The molecule has 0 saturated heterocycles. The van der Waals surface area contributed by atoms with Gasteiger partial charge in [0.1, 0.15) is 6.29 Å². The molecule has 1 aromatic carbocycles. The van der Waals surface area contributed by atoms with E-state index in [1.54, 1.807) is 7.11 Å². The van der Waals surface area contributed by atoms with Crippen LogP contribution in [0.3, 0.4) is 0 Å². The van der Waals surface area contributed by atoms with E-state index in [0.29, 0.717) is 5.02 Å². The van der Waals surface area contributed by atoms with E-state index in [9.17, 15) is 4.79 Å². The Labute approximate surface area is 119 Å². The highest BCUT2D eigenvalue weighted by atomic mass is 35.5. The topological polar surface area (TPSA) is 26.3 Å². The number of hydrogen-bond acceptors (Lipinski definition) is 2. The molecule has 0 N–H and O–H groups in total.